The molecule has 1 aromatic heterocycles. The second-order valence-electron chi connectivity index (χ2n) is 5.25. The average molecular weight is 258 g/mol. The molecule has 0 aliphatic carbocycles. The Morgan fingerprint density at radius 2 is 1.84 bits per heavy atom. The van der Waals surface area contributed by atoms with E-state index in [2.05, 4.69) is 24.1 Å². The molecule has 2 aromatic rings. The van der Waals surface area contributed by atoms with Gasteiger partial charge in [0.25, 0.3) is 0 Å². The van der Waals surface area contributed by atoms with Crippen molar-refractivity contribution in [3.8, 4) is 11.5 Å². The maximum atomic E-state index is 5.66. The van der Waals surface area contributed by atoms with Crippen LogP contribution in [0.3, 0.4) is 0 Å². The normalized spacial score (nSPS) is 14.7. The van der Waals surface area contributed by atoms with Crippen molar-refractivity contribution in [2.45, 2.75) is 19.4 Å². The summed E-state index contributed by atoms with van der Waals surface area (Å²) in [5, 5.41) is 5.52. The van der Waals surface area contributed by atoms with Gasteiger partial charge in [0.1, 0.15) is 13.2 Å². The Bertz CT molecular complexity index is 623. The zero-order chi connectivity index (χ0) is 13.5. The molecule has 0 radical (unpaired) electrons. The minimum atomic E-state index is -0.191. The lowest BCUT2D eigenvalue weighted by Gasteiger charge is -2.26. The largest absolute Gasteiger partial charge is 0.486 e. The van der Waals surface area contributed by atoms with Crippen LogP contribution >= 0.6 is 0 Å². The molecule has 4 heteroatoms. The van der Waals surface area contributed by atoms with Crippen molar-refractivity contribution >= 4 is 10.8 Å². The summed E-state index contributed by atoms with van der Waals surface area (Å²) in [7, 11) is 1.94. The van der Waals surface area contributed by atoms with Crippen molar-refractivity contribution in [3.63, 3.8) is 0 Å². The number of nitrogens with zero attached hydrogens (tertiary/aromatic N) is 1. The number of aromatic nitrogens is 1. The zero-order valence-electron chi connectivity index (χ0n) is 11.5. The van der Waals surface area contributed by atoms with Gasteiger partial charge in [0, 0.05) is 11.6 Å². The molecule has 0 spiro atoms. The van der Waals surface area contributed by atoms with Gasteiger partial charge in [-0.15, -0.1) is 0 Å². The van der Waals surface area contributed by atoms with E-state index in [1.165, 1.54) is 0 Å². The number of rotatable bonds is 2. The van der Waals surface area contributed by atoms with Crippen LogP contribution in [0.1, 0.15) is 19.5 Å². The van der Waals surface area contributed by atoms with E-state index in [1.54, 1.807) is 0 Å². The van der Waals surface area contributed by atoms with Crippen LogP contribution in [0.15, 0.2) is 24.4 Å². The van der Waals surface area contributed by atoms with E-state index >= 15 is 0 Å². The first kappa shape index (κ1) is 12.2. The fourth-order valence-corrected chi connectivity index (χ4v) is 2.33. The highest BCUT2D eigenvalue weighted by molar-refractivity contribution is 5.88. The molecular weight excluding hydrogens is 240 g/mol. The number of pyridine rings is 1. The summed E-state index contributed by atoms with van der Waals surface area (Å²) in [6, 6.07) is 6.06. The quantitative estimate of drug-likeness (QED) is 0.898. The van der Waals surface area contributed by atoms with Gasteiger partial charge in [0.15, 0.2) is 11.5 Å². The highest BCUT2D eigenvalue weighted by Crippen LogP contribution is 2.37. The first-order valence-electron chi connectivity index (χ1n) is 6.49. The third-order valence-electron chi connectivity index (χ3n) is 3.64. The van der Waals surface area contributed by atoms with Gasteiger partial charge in [0.2, 0.25) is 0 Å². The Kier molecular flexibility index (Phi) is 2.82. The minimum Gasteiger partial charge on any atom is -0.486 e. The monoisotopic (exact) mass is 258 g/mol. The smallest absolute Gasteiger partial charge is 0.162 e. The van der Waals surface area contributed by atoms with Gasteiger partial charge in [-0.1, -0.05) is 0 Å². The summed E-state index contributed by atoms with van der Waals surface area (Å²) in [6.07, 6.45) is 1.84. The Hall–Kier alpha value is -1.81. The Morgan fingerprint density at radius 1 is 1.16 bits per heavy atom. The fraction of sp³-hybridized carbons (Fsp3) is 0.400. The van der Waals surface area contributed by atoms with Crippen molar-refractivity contribution in [2.75, 3.05) is 20.3 Å². The zero-order valence-corrected chi connectivity index (χ0v) is 11.5. The highest BCUT2D eigenvalue weighted by Gasteiger charge is 2.23. The van der Waals surface area contributed by atoms with Crippen LogP contribution in [-0.4, -0.2) is 25.2 Å². The van der Waals surface area contributed by atoms with Crippen LogP contribution in [0.2, 0.25) is 0 Å². The molecule has 1 N–H and O–H groups in total. The maximum absolute atomic E-state index is 5.66. The van der Waals surface area contributed by atoms with Crippen LogP contribution in [-0.2, 0) is 5.54 Å². The lowest BCUT2D eigenvalue weighted by Crippen LogP contribution is -2.34. The molecule has 2 heterocycles. The van der Waals surface area contributed by atoms with E-state index in [-0.39, 0.29) is 5.54 Å². The third kappa shape index (κ3) is 2.02. The number of ether oxygens (including phenoxy) is 2. The first-order valence-corrected chi connectivity index (χ1v) is 6.49. The van der Waals surface area contributed by atoms with Crippen LogP contribution in [0, 0.1) is 0 Å². The van der Waals surface area contributed by atoms with E-state index in [0.29, 0.717) is 13.2 Å². The molecule has 0 saturated heterocycles. The van der Waals surface area contributed by atoms with Crippen molar-refractivity contribution in [1.29, 1.82) is 0 Å². The molecule has 1 aliphatic rings. The molecule has 0 fully saturated rings. The summed E-state index contributed by atoms with van der Waals surface area (Å²) < 4.78 is 11.3. The van der Waals surface area contributed by atoms with E-state index in [1.807, 2.05) is 31.4 Å². The Morgan fingerprint density at radius 3 is 2.53 bits per heavy atom. The second-order valence-corrected chi connectivity index (χ2v) is 5.25. The second kappa shape index (κ2) is 4.38. The van der Waals surface area contributed by atoms with Gasteiger partial charge < -0.3 is 14.8 Å². The molecule has 3 rings (SSSR count). The fourth-order valence-electron chi connectivity index (χ4n) is 2.33. The molecule has 0 atom stereocenters. The molecule has 0 bridgehead atoms. The van der Waals surface area contributed by atoms with Crippen molar-refractivity contribution in [1.82, 2.24) is 10.3 Å². The van der Waals surface area contributed by atoms with E-state index < -0.39 is 0 Å². The number of fused-ring (bicyclic) bond motifs is 2. The minimum absolute atomic E-state index is 0.191. The van der Waals surface area contributed by atoms with Crippen LogP contribution in [0.5, 0.6) is 11.5 Å². The summed E-state index contributed by atoms with van der Waals surface area (Å²) in [5.41, 5.74) is 0.827. The van der Waals surface area contributed by atoms with Gasteiger partial charge in [-0.25, -0.2) is 0 Å². The number of hydrogen-bond donors (Lipinski definition) is 1. The Balaban J connectivity index is 2.24. The number of nitrogens with one attached hydrogen (secondary N) is 1. The molecule has 100 valence electrons. The standard InChI is InChI=1S/C15H18N2O2/c1-15(2,16-3)14-11-9-13-12(18-6-7-19-13)8-10(11)4-5-17-14/h4-5,8-9,16H,6-7H2,1-3H3. The molecule has 19 heavy (non-hydrogen) atoms. The molecule has 1 aromatic carbocycles. The lowest BCUT2D eigenvalue weighted by molar-refractivity contribution is 0.172. The van der Waals surface area contributed by atoms with Gasteiger partial charge in [-0.05, 0) is 44.5 Å². The number of hydrogen-bond acceptors (Lipinski definition) is 4. The molecule has 1 aliphatic heterocycles. The first-order chi connectivity index (χ1) is 9.12. The summed E-state index contributed by atoms with van der Waals surface area (Å²) in [5.74, 6) is 1.62. The maximum Gasteiger partial charge on any atom is 0.162 e. The lowest BCUT2D eigenvalue weighted by atomic mass is 9.95. The van der Waals surface area contributed by atoms with Crippen molar-refractivity contribution < 1.29 is 9.47 Å². The summed E-state index contributed by atoms with van der Waals surface area (Å²) in [4.78, 5) is 4.54. The third-order valence-corrected chi connectivity index (χ3v) is 3.64. The average Bonchev–Trinajstić information content (AvgIpc) is 2.44. The van der Waals surface area contributed by atoms with Gasteiger partial charge >= 0.3 is 0 Å². The Labute approximate surface area is 112 Å². The molecular formula is C15H18N2O2. The SMILES string of the molecule is CNC(C)(C)c1nccc2cc3c(cc12)OCCO3. The van der Waals surface area contributed by atoms with Crippen LogP contribution < -0.4 is 14.8 Å². The van der Waals surface area contributed by atoms with Crippen LogP contribution in [0.25, 0.3) is 10.8 Å². The highest BCUT2D eigenvalue weighted by atomic mass is 16.6. The molecule has 0 amide bonds. The van der Waals surface area contributed by atoms with E-state index in [9.17, 15) is 0 Å². The van der Waals surface area contributed by atoms with Crippen molar-refractivity contribution in [3.05, 3.63) is 30.1 Å². The van der Waals surface area contributed by atoms with E-state index in [4.69, 9.17) is 9.47 Å². The van der Waals surface area contributed by atoms with Crippen molar-refractivity contribution in [2.24, 2.45) is 0 Å². The summed E-state index contributed by atoms with van der Waals surface area (Å²) >= 11 is 0. The van der Waals surface area contributed by atoms with Crippen LogP contribution in [0.4, 0.5) is 0 Å². The summed E-state index contributed by atoms with van der Waals surface area (Å²) in [6.45, 7) is 5.44. The number of benzene rings is 1. The molecule has 4 nitrogen and oxygen atoms in total. The molecule has 0 unspecified atom stereocenters. The predicted octanol–water partition coefficient (Wildman–Crippen LogP) is 2.46. The topological polar surface area (TPSA) is 43.4 Å². The van der Waals surface area contributed by atoms with Gasteiger partial charge in [0.05, 0.1) is 11.2 Å². The molecule has 0 saturated carbocycles. The van der Waals surface area contributed by atoms with E-state index in [0.717, 1.165) is 28.0 Å². The van der Waals surface area contributed by atoms with Gasteiger partial charge in [-0.3, -0.25) is 4.98 Å². The van der Waals surface area contributed by atoms with Gasteiger partial charge in [-0.2, -0.15) is 0 Å². The predicted molar refractivity (Wildman–Crippen MR) is 74.8 cm³/mol.